The van der Waals surface area contributed by atoms with Gasteiger partial charge in [-0.15, -0.1) is 13.2 Å². The van der Waals surface area contributed by atoms with E-state index in [1.165, 1.54) is 0 Å². The van der Waals surface area contributed by atoms with Crippen molar-refractivity contribution >= 4 is 33.2 Å². The molecule has 0 saturated heterocycles. The second kappa shape index (κ2) is 10.2. The molecule has 0 heterocycles. The first-order valence-corrected chi connectivity index (χ1v) is 11.2. The van der Waals surface area contributed by atoms with Crippen molar-refractivity contribution in [3.63, 3.8) is 0 Å². The van der Waals surface area contributed by atoms with Gasteiger partial charge < -0.3 is 15.4 Å². The van der Waals surface area contributed by atoms with Crippen LogP contribution in [0.3, 0.4) is 0 Å². The molecule has 0 atom stereocenters. The summed E-state index contributed by atoms with van der Waals surface area (Å²) in [5.74, 6) is -1.23. The number of hydrogen-bond donors (Lipinski definition) is 3. The van der Waals surface area contributed by atoms with E-state index in [2.05, 4.69) is 20.1 Å². The van der Waals surface area contributed by atoms with Crippen LogP contribution in [-0.4, -0.2) is 33.1 Å². The molecule has 0 saturated carbocycles. The normalized spacial score (nSPS) is 12.2. The standard InChI is InChI=1S/C21H24F3N3O5S/c1-20(2,3)19(29)27-15-6-4-5-14(13-15)26-18(28)11-12-25-33(30,31)17-9-7-16(8-10-17)32-21(22,23)24/h4-10,13,25H,11-12H2,1-3H3,(H,26,28)(H,27,29). The van der Waals surface area contributed by atoms with Crippen LogP contribution in [-0.2, 0) is 19.6 Å². The van der Waals surface area contributed by atoms with Gasteiger partial charge in [0.2, 0.25) is 21.8 Å². The summed E-state index contributed by atoms with van der Waals surface area (Å²) >= 11 is 0. The largest absolute Gasteiger partial charge is 0.573 e. The zero-order valence-corrected chi connectivity index (χ0v) is 18.9. The average Bonchev–Trinajstić information content (AvgIpc) is 2.66. The van der Waals surface area contributed by atoms with Crippen LogP contribution >= 0.6 is 0 Å². The van der Waals surface area contributed by atoms with Gasteiger partial charge >= 0.3 is 6.36 Å². The van der Waals surface area contributed by atoms with Crippen molar-refractivity contribution < 1.29 is 35.9 Å². The van der Waals surface area contributed by atoms with E-state index in [0.717, 1.165) is 24.3 Å². The van der Waals surface area contributed by atoms with Crippen LogP contribution < -0.4 is 20.1 Å². The Kier molecular flexibility index (Phi) is 8.09. The molecule has 0 unspecified atom stereocenters. The third kappa shape index (κ3) is 8.73. The van der Waals surface area contributed by atoms with Gasteiger partial charge in [-0.05, 0) is 42.5 Å². The first kappa shape index (κ1) is 26.1. The van der Waals surface area contributed by atoms with E-state index >= 15 is 0 Å². The summed E-state index contributed by atoms with van der Waals surface area (Å²) in [5.41, 5.74) is 0.309. The molecule has 3 N–H and O–H groups in total. The van der Waals surface area contributed by atoms with Gasteiger partial charge in [-0.25, -0.2) is 13.1 Å². The van der Waals surface area contributed by atoms with E-state index in [1.807, 2.05) is 0 Å². The monoisotopic (exact) mass is 487 g/mol. The van der Waals surface area contributed by atoms with Crippen LogP contribution in [0.5, 0.6) is 5.75 Å². The highest BCUT2D eigenvalue weighted by Crippen LogP contribution is 2.24. The van der Waals surface area contributed by atoms with E-state index in [-0.39, 0.29) is 23.8 Å². The number of carbonyl (C=O) groups is 2. The van der Waals surface area contributed by atoms with E-state index in [1.54, 1.807) is 45.0 Å². The molecule has 2 amide bonds. The zero-order chi connectivity index (χ0) is 24.9. The Morgan fingerprint density at radius 2 is 1.52 bits per heavy atom. The Bertz CT molecular complexity index is 1100. The molecule has 0 spiro atoms. The second-order valence-corrected chi connectivity index (χ2v) is 9.77. The van der Waals surface area contributed by atoms with Crippen molar-refractivity contribution in [2.75, 3.05) is 17.2 Å². The molecule has 0 aliphatic heterocycles. The molecule has 2 aromatic carbocycles. The first-order valence-electron chi connectivity index (χ1n) is 9.72. The number of benzene rings is 2. The van der Waals surface area contributed by atoms with Crippen molar-refractivity contribution in [1.82, 2.24) is 4.72 Å². The molecule has 8 nitrogen and oxygen atoms in total. The number of carbonyl (C=O) groups excluding carboxylic acids is 2. The molecule has 12 heteroatoms. The predicted molar refractivity (Wildman–Crippen MR) is 116 cm³/mol. The van der Waals surface area contributed by atoms with Crippen molar-refractivity contribution in [1.29, 1.82) is 0 Å². The summed E-state index contributed by atoms with van der Waals surface area (Å²) in [6.07, 6.45) is -5.09. The molecule has 0 radical (unpaired) electrons. The maximum atomic E-state index is 12.3. The molecular formula is C21H24F3N3O5S. The van der Waals surface area contributed by atoms with Crippen LogP contribution in [0.2, 0.25) is 0 Å². The van der Waals surface area contributed by atoms with Gasteiger partial charge in [0, 0.05) is 29.8 Å². The molecule has 0 aliphatic carbocycles. The number of anilines is 2. The summed E-state index contributed by atoms with van der Waals surface area (Å²) in [6.45, 7) is 5.05. The lowest BCUT2D eigenvalue weighted by atomic mass is 9.95. The number of halogens is 3. The summed E-state index contributed by atoms with van der Waals surface area (Å²) < 4.78 is 67.0. The minimum absolute atomic E-state index is 0.196. The van der Waals surface area contributed by atoms with E-state index in [0.29, 0.717) is 11.4 Å². The summed E-state index contributed by atoms with van der Waals surface area (Å²) in [6, 6.07) is 10.2. The fourth-order valence-electron chi connectivity index (χ4n) is 2.42. The van der Waals surface area contributed by atoms with Crippen molar-refractivity contribution in [3.05, 3.63) is 48.5 Å². The highest BCUT2D eigenvalue weighted by atomic mass is 32.2. The molecule has 2 rings (SSSR count). The van der Waals surface area contributed by atoms with Gasteiger partial charge in [-0.3, -0.25) is 9.59 Å². The number of amides is 2. The van der Waals surface area contributed by atoms with Crippen molar-refractivity contribution in [2.45, 2.75) is 38.4 Å². The topological polar surface area (TPSA) is 114 Å². The lowest BCUT2D eigenvalue weighted by molar-refractivity contribution is -0.274. The second-order valence-electron chi connectivity index (χ2n) is 8.00. The van der Waals surface area contributed by atoms with Crippen LogP contribution in [0.4, 0.5) is 24.5 Å². The number of nitrogens with one attached hydrogen (secondary N) is 3. The third-order valence-electron chi connectivity index (χ3n) is 4.10. The van der Waals surface area contributed by atoms with Crippen LogP contribution in [0.1, 0.15) is 27.2 Å². The highest BCUT2D eigenvalue weighted by Gasteiger charge is 2.31. The molecule has 0 fully saturated rings. The maximum absolute atomic E-state index is 12.3. The van der Waals surface area contributed by atoms with Gasteiger partial charge in [-0.1, -0.05) is 26.8 Å². The van der Waals surface area contributed by atoms with Gasteiger partial charge in [0.25, 0.3) is 0 Å². The number of alkyl halides is 3. The third-order valence-corrected chi connectivity index (χ3v) is 5.57. The molecule has 0 aliphatic rings. The minimum Gasteiger partial charge on any atom is -0.406 e. The van der Waals surface area contributed by atoms with Crippen LogP contribution in [0, 0.1) is 5.41 Å². The van der Waals surface area contributed by atoms with E-state index < -0.39 is 33.5 Å². The first-order chi connectivity index (χ1) is 15.2. The van der Waals surface area contributed by atoms with Gasteiger partial charge in [0.1, 0.15) is 5.75 Å². The molecule has 0 bridgehead atoms. The van der Waals surface area contributed by atoms with E-state index in [9.17, 15) is 31.2 Å². The zero-order valence-electron chi connectivity index (χ0n) is 18.1. The van der Waals surface area contributed by atoms with Crippen molar-refractivity contribution in [2.24, 2.45) is 5.41 Å². The number of rotatable bonds is 8. The van der Waals surface area contributed by atoms with Crippen LogP contribution in [0.25, 0.3) is 0 Å². The smallest absolute Gasteiger partial charge is 0.406 e. The number of ether oxygens (including phenoxy) is 1. The molecule has 0 aromatic heterocycles. The Morgan fingerprint density at radius 1 is 0.939 bits per heavy atom. The van der Waals surface area contributed by atoms with Crippen LogP contribution in [0.15, 0.2) is 53.4 Å². The van der Waals surface area contributed by atoms with E-state index in [4.69, 9.17) is 0 Å². The highest BCUT2D eigenvalue weighted by molar-refractivity contribution is 7.89. The summed E-state index contributed by atoms with van der Waals surface area (Å²) in [5, 5.41) is 5.34. The number of hydrogen-bond acceptors (Lipinski definition) is 5. The Morgan fingerprint density at radius 3 is 2.06 bits per heavy atom. The average molecular weight is 488 g/mol. The molecular weight excluding hydrogens is 463 g/mol. The fourth-order valence-corrected chi connectivity index (χ4v) is 3.45. The Labute approximate surface area is 189 Å². The van der Waals surface area contributed by atoms with Gasteiger partial charge in [0.15, 0.2) is 0 Å². The summed E-state index contributed by atoms with van der Waals surface area (Å²) in [7, 11) is -4.04. The molecule has 2 aromatic rings. The SMILES string of the molecule is CC(C)(C)C(=O)Nc1cccc(NC(=O)CCNS(=O)(=O)c2ccc(OC(F)(F)F)cc2)c1. The molecule has 33 heavy (non-hydrogen) atoms. The fraction of sp³-hybridized carbons (Fsp3) is 0.333. The lowest BCUT2D eigenvalue weighted by Crippen LogP contribution is -2.28. The molecule has 180 valence electrons. The number of sulfonamides is 1. The quantitative estimate of drug-likeness (QED) is 0.523. The minimum atomic E-state index is -4.89. The predicted octanol–water partition coefficient (Wildman–Crippen LogP) is 3.88. The van der Waals surface area contributed by atoms with Gasteiger partial charge in [0.05, 0.1) is 4.90 Å². The van der Waals surface area contributed by atoms with Gasteiger partial charge in [-0.2, -0.15) is 0 Å². The maximum Gasteiger partial charge on any atom is 0.573 e. The Hall–Kier alpha value is -3.12. The lowest BCUT2D eigenvalue weighted by Gasteiger charge is -2.18. The van der Waals surface area contributed by atoms with Crippen molar-refractivity contribution in [3.8, 4) is 5.75 Å². The Balaban J connectivity index is 1.88. The summed E-state index contributed by atoms with van der Waals surface area (Å²) in [4.78, 5) is 23.9.